The Morgan fingerprint density at radius 3 is 2.78 bits per heavy atom. The molecule has 1 N–H and O–H groups in total. The van der Waals surface area contributed by atoms with E-state index in [0.29, 0.717) is 6.61 Å². The molecule has 2 atom stereocenters. The third-order valence-electron chi connectivity index (χ3n) is 4.31. The van der Waals surface area contributed by atoms with Gasteiger partial charge >= 0.3 is 0 Å². The van der Waals surface area contributed by atoms with Crippen LogP contribution in [0.2, 0.25) is 0 Å². The number of aliphatic hydroxyl groups excluding tert-OH is 1. The van der Waals surface area contributed by atoms with Crippen LogP contribution in [0.15, 0.2) is 35.6 Å². The predicted octanol–water partition coefficient (Wildman–Crippen LogP) is 2.29. The number of halogens is 1. The highest BCUT2D eigenvalue weighted by Crippen LogP contribution is 2.39. The number of Topliss-reactive ketones (excluding diaryl/α,β-unsaturated/α-hetero) is 1. The number of hydrogen-bond donors (Lipinski definition) is 1. The molecule has 1 fully saturated rings. The molecule has 2 unspecified atom stereocenters. The third kappa shape index (κ3) is 2.74. The molecule has 0 aromatic heterocycles. The Morgan fingerprint density at radius 1 is 1.43 bits per heavy atom. The number of carbonyl (C=O) groups excluding carboxylic acids is 2. The molecule has 0 spiro atoms. The molecule has 2 aliphatic rings. The lowest BCUT2D eigenvalue weighted by atomic mass is 9.96. The average molecular weight is 319 g/mol. The first-order valence-corrected chi connectivity index (χ1v) is 7.61. The second-order valence-electron chi connectivity index (χ2n) is 5.84. The van der Waals surface area contributed by atoms with Crippen LogP contribution in [-0.2, 0) is 14.3 Å². The molecule has 122 valence electrons. The van der Waals surface area contributed by atoms with Crippen LogP contribution < -0.4 is 0 Å². The first-order valence-electron chi connectivity index (χ1n) is 7.61. The van der Waals surface area contributed by atoms with Gasteiger partial charge in [0.1, 0.15) is 5.82 Å². The van der Waals surface area contributed by atoms with Gasteiger partial charge in [0.05, 0.1) is 17.7 Å². The first kappa shape index (κ1) is 15.7. The van der Waals surface area contributed by atoms with Gasteiger partial charge in [-0.1, -0.05) is 18.2 Å². The van der Waals surface area contributed by atoms with Crippen LogP contribution in [0.4, 0.5) is 4.39 Å². The molecule has 2 heterocycles. The molecule has 1 amide bonds. The SMILES string of the molecule is CC(=O)C1=C(O)C(=O)N(CC2CCCO2)C1c1ccccc1F. The Bertz CT molecular complexity index is 679. The number of carbonyl (C=O) groups is 2. The van der Waals surface area contributed by atoms with E-state index in [1.54, 1.807) is 6.07 Å². The number of ketones is 1. The predicted molar refractivity (Wildman–Crippen MR) is 80.2 cm³/mol. The minimum absolute atomic E-state index is 0.0573. The van der Waals surface area contributed by atoms with E-state index in [2.05, 4.69) is 0 Å². The summed E-state index contributed by atoms with van der Waals surface area (Å²) < 4.78 is 19.8. The number of amides is 1. The van der Waals surface area contributed by atoms with Gasteiger partial charge in [-0.15, -0.1) is 0 Å². The van der Waals surface area contributed by atoms with E-state index in [1.807, 2.05) is 0 Å². The molecular weight excluding hydrogens is 301 g/mol. The fraction of sp³-hybridized carbons (Fsp3) is 0.412. The summed E-state index contributed by atoms with van der Waals surface area (Å²) >= 11 is 0. The monoisotopic (exact) mass is 319 g/mol. The van der Waals surface area contributed by atoms with Gasteiger partial charge in [-0.05, 0) is 25.8 Å². The molecule has 0 saturated carbocycles. The van der Waals surface area contributed by atoms with Crippen LogP contribution in [0.1, 0.15) is 31.4 Å². The maximum atomic E-state index is 14.2. The standard InChI is InChI=1S/C17H18FNO4/c1-10(20)14-15(12-6-2-3-7-13(12)18)19(17(22)16(14)21)9-11-5-4-8-23-11/h2-3,6-7,11,15,21H,4-5,8-9H2,1H3. The average Bonchev–Trinajstić information content (AvgIpc) is 3.10. The second kappa shape index (κ2) is 6.12. The molecule has 0 radical (unpaired) electrons. The van der Waals surface area contributed by atoms with Crippen molar-refractivity contribution in [3.05, 3.63) is 47.0 Å². The zero-order chi connectivity index (χ0) is 16.6. The summed E-state index contributed by atoms with van der Waals surface area (Å²) in [6, 6.07) is 5.07. The van der Waals surface area contributed by atoms with Crippen molar-refractivity contribution in [2.24, 2.45) is 0 Å². The molecule has 0 bridgehead atoms. The molecular formula is C17H18FNO4. The van der Waals surface area contributed by atoms with Gasteiger partial charge in [-0.25, -0.2) is 4.39 Å². The van der Waals surface area contributed by atoms with Crippen LogP contribution in [0, 0.1) is 5.82 Å². The van der Waals surface area contributed by atoms with Gasteiger partial charge in [-0.3, -0.25) is 9.59 Å². The summed E-state index contributed by atoms with van der Waals surface area (Å²) in [7, 11) is 0. The molecule has 0 aliphatic carbocycles. The normalized spacial score (nSPS) is 24.6. The molecule has 6 heteroatoms. The number of hydrogen-bond acceptors (Lipinski definition) is 4. The summed E-state index contributed by atoms with van der Waals surface area (Å²) in [5.74, 6) is -2.21. The number of aliphatic hydroxyl groups is 1. The zero-order valence-electron chi connectivity index (χ0n) is 12.8. The minimum atomic E-state index is -0.912. The van der Waals surface area contributed by atoms with Gasteiger partial charge in [0.15, 0.2) is 11.5 Å². The second-order valence-corrected chi connectivity index (χ2v) is 5.84. The van der Waals surface area contributed by atoms with E-state index < -0.39 is 29.3 Å². The number of rotatable bonds is 4. The van der Waals surface area contributed by atoms with Crippen molar-refractivity contribution in [1.29, 1.82) is 0 Å². The van der Waals surface area contributed by atoms with Gasteiger partial charge in [-0.2, -0.15) is 0 Å². The van der Waals surface area contributed by atoms with E-state index in [0.717, 1.165) is 12.8 Å². The van der Waals surface area contributed by atoms with Crippen molar-refractivity contribution in [1.82, 2.24) is 4.90 Å². The van der Waals surface area contributed by atoms with Gasteiger partial charge in [0, 0.05) is 18.7 Å². The Balaban J connectivity index is 2.02. The lowest BCUT2D eigenvalue weighted by molar-refractivity contribution is -0.131. The topological polar surface area (TPSA) is 66.8 Å². The summed E-state index contributed by atoms with van der Waals surface area (Å²) in [6.45, 7) is 2.11. The first-order chi connectivity index (χ1) is 11.0. The zero-order valence-corrected chi connectivity index (χ0v) is 12.8. The fourth-order valence-electron chi connectivity index (χ4n) is 3.23. The Morgan fingerprint density at radius 2 is 2.17 bits per heavy atom. The summed E-state index contributed by atoms with van der Waals surface area (Å²) in [4.78, 5) is 25.7. The summed E-state index contributed by atoms with van der Waals surface area (Å²) in [6.07, 6.45) is 1.53. The van der Waals surface area contributed by atoms with Gasteiger partial charge in [0.25, 0.3) is 5.91 Å². The quantitative estimate of drug-likeness (QED) is 0.924. The highest BCUT2D eigenvalue weighted by atomic mass is 19.1. The van der Waals surface area contributed by atoms with Crippen molar-refractivity contribution >= 4 is 11.7 Å². The van der Waals surface area contributed by atoms with Crippen LogP contribution in [0.5, 0.6) is 0 Å². The third-order valence-corrected chi connectivity index (χ3v) is 4.31. The molecule has 5 nitrogen and oxygen atoms in total. The minimum Gasteiger partial charge on any atom is -0.503 e. The van der Waals surface area contributed by atoms with Crippen molar-refractivity contribution in [3.63, 3.8) is 0 Å². The van der Waals surface area contributed by atoms with E-state index in [9.17, 15) is 19.1 Å². The van der Waals surface area contributed by atoms with E-state index in [-0.39, 0.29) is 23.8 Å². The molecule has 1 aromatic carbocycles. The Kier molecular flexibility index (Phi) is 4.17. The highest BCUT2D eigenvalue weighted by Gasteiger charge is 2.44. The largest absolute Gasteiger partial charge is 0.503 e. The van der Waals surface area contributed by atoms with Crippen molar-refractivity contribution in [2.45, 2.75) is 31.9 Å². The van der Waals surface area contributed by atoms with E-state index in [1.165, 1.54) is 30.0 Å². The molecule has 1 aromatic rings. The highest BCUT2D eigenvalue weighted by molar-refractivity contribution is 6.08. The van der Waals surface area contributed by atoms with Crippen molar-refractivity contribution in [3.8, 4) is 0 Å². The van der Waals surface area contributed by atoms with Crippen LogP contribution in [0.25, 0.3) is 0 Å². The lowest BCUT2D eigenvalue weighted by Crippen LogP contribution is -2.37. The lowest BCUT2D eigenvalue weighted by Gasteiger charge is -2.28. The molecule has 23 heavy (non-hydrogen) atoms. The molecule has 2 aliphatic heterocycles. The van der Waals surface area contributed by atoms with Crippen LogP contribution in [0.3, 0.4) is 0 Å². The maximum absolute atomic E-state index is 14.2. The Labute approximate surface area is 133 Å². The molecule has 1 saturated heterocycles. The van der Waals surface area contributed by atoms with Crippen molar-refractivity contribution in [2.75, 3.05) is 13.2 Å². The maximum Gasteiger partial charge on any atom is 0.290 e. The Hall–Kier alpha value is -2.21. The van der Waals surface area contributed by atoms with Crippen LogP contribution in [-0.4, -0.2) is 41.0 Å². The summed E-state index contributed by atoms with van der Waals surface area (Å²) in [5.41, 5.74) is 0.145. The number of benzene rings is 1. The van der Waals surface area contributed by atoms with Gasteiger partial charge < -0.3 is 14.7 Å². The number of ether oxygens (including phenoxy) is 1. The van der Waals surface area contributed by atoms with Gasteiger partial charge in [0.2, 0.25) is 0 Å². The van der Waals surface area contributed by atoms with Crippen molar-refractivity contribution < 1.29 is 23.8 Å². The van der Waals surface area contributed by atoms with Crippen LogP contribution >= 0.6 is 0 Å². The van der Waals surface area contributed by atoms with E-state index >= 15 is 0 Å². The molecule has 3 rings (SSSR count). The summed E-state index contributed by atoms with van der Waals surface area (Å²) in [5, 5.41) is 10.1. The smallest absolute Gasteiger partial charge is 0.290 e. The van der Waals surface area contributed by atoms with E-state index in [4.69, 9.17) is 4.74 Å². The fourth-order valence-corrected chi connectivity index (χ4v) is 3.23. The number of nitrogens with zero attached hydrogens (tertiary/aromatic N) is 1.